The number of carbonyl (C=O) groups is 1. The Hall–Kier alpha value is -3.46. The predicted octanol–water partition coefficient (Wildman–Crippen LogP) is 3.02. The van der Waals surface area contributed by atoms with Crippen molar-refractivity contribution in [2.75, 3.05) is 6.79 Å². The van der Waals surface area contributed by atoms with Gasteiger partial charge in [0.2, 0.25) is 6.79 Å². The molecule has 0 spiro atoms. The summed E-state index contributed by atoms with van der Waals surface area (Å²) >= 11 is 1.38. The zero-order valence-corrected chi connectivity index (χ0v) is 14.9. The van der Waals surface area contributed by atoms with Crippen LogP contribution in [0.5, 0.6) is 11.5 Å². The van der Waals surface area contributed by atoms with Crippen molar-refractivity contribution in [1.29, 1.82) is 0 Å². The summed E-state index contributed by atoms with van der Waals surface area (Å²) in [6, 6.07) is 9.65. The molecule has 0 radical (unpaired) electrons. The van der Waals surface area contributed by atoms with Crippen LogP contribution in [0.4, 0.5) is 5.69 Å². The molecule has 0 unspecified atom stereocenters. The Bertz CT molecular complexity index is 1160. The lowest BCUT2D eigenvalue weighted by molar-refractivity contribution is -0.384. The van der Waals surface area contributed by atoms with Gasteiger partial charge in [-0.05, 0) is 23.8 Å². The molecule has 2 aromatic carbocycles. The lowest BCUT2D eigenvalue weighted by Gasteiger charge is -1.98. The minimum absolute atomic E-state index is 0.000297. The number of hydrogen-bond donors (Lipinski definition) is 0. The van der Waals surface area contributed by atoms with Gasteiger partial charge in [-0.25, -0.2) is 0 Å². The van der Waals surface area contributed by atoms with E-state index in [1.807, 2.05) is 23.7 Å². The van der Waals surface area contributed by atoms with Crippen LogP contribution in [0.15, 0.2) is 47.5 Å². The summed E-state index contributed by atoms with van der Waals surface area (Å²) in [6.07, 6.45) is 2.90. The van der Waals surface area contributed by atoms with Gasteiger partial charge in [0, 0.05) is 37.4 Å². The fraction of sp³-hybridized carbons (Fsp3) is 0.111. The van der Waals surface area contributed by atoms with E-state index in [4.69, 9.17) is 9.47 Å². The molecule has 0 fully saturated rings. The van der Waals surface area contributed by atoms with E-state index in [9.17, 15) is 14.9 Å². The molecular formula is C18H13N3O5S. The number of aromatic nitrogens is 1. The number of benzene rings is 2. The first-order chi connectivity index (χ1) is 13.0. The van der Waals surface area contributed by atoms with Crippen LogP contribution >= 0.6 is 11.3 Å². The predicted molar refractivity (Wildman–Crippen MR) is 99.6 cm³/mol. The first-order valence-electron chi connectivity index (χ1n) is 7.92. The molecule has 3 aromatic rings. The van der Waals surface area contributed by atoms with Crippen LogP contribution in [0.25, 0.3) is 16.3 Å². The SMILES string of the molecule is Cn1c(=NC(=O)C=Cc2ccc([N+](=O)[O-])cc2)sc2cc3c(cc21)OCO3. The third-order valence-electron chi connectivity index (χ3n) is 4.03. The van der Waals surface area contributed by atoms with E-state index >= 15 is 0 Å². The van der Waals surface area contributed by atoms with E-state index in [2.05, 4.69) is 4.99 Å². The molecule has 27 heavy (non-hydrogen) atoms. The van der Waals surface area contributed by atoms with E-state index in [1.165, 1.54) is 29.5 Å². The summed E-state index contributed by atoms with van der Waals surface area (Å²) in [4.78, 5) is 27.0. The van der Waals surface area contributed by atoms with Crippen molar-refractivity contribution in [1.82, 2.24) is 4.57 Å². The van der Waals surface area contributed by atoms with Gasteiger partial charge in [-0.3, -0.25) is 14.9 Å². The molecule has 1 aliphatic rings. The topological polar surface area (TPSA) is 96.0 Å². The maximum atomic E-state index is 12.2. The molecule has 0 saturated carbocycles. The zero-order valence-electron chi connectivity index (χ0n) is 14.1. The second-order valence-corrected chi connectivity index (χ2v) is 6.76. The molecular weight excluding hydrogens is 370 g/mol. The van der Waals surface area contributed by atoms with Gasteiger partial charge in [0.25, 0.3) is 11.6 Å². The fourth-order valence-corrected chi connectivity index (χ4v) is 3.66. The molecule has 0 bridgehead atoms. The highest BCUT2D eigenvalue weighted by Crippen LogP contribution is 2.36. The Labute approximate surface area is 156 Å². The molecule has 0 atom stereocenters. The van der Waals surface area contributed by atoms with Gasteiger partial charge >= 0.3 is 0 Å². The van der Waals surface area contributed by atoms with E-state index in [1.54, 1.807) is 18.2 Å². The van der Waals surface area contributed by atoms with Crippen molar-refractivity contribution in [2.24, 2.45) is 12.0 Å². The van der Waals surface area contributed by atoms with Crippen molar-refractivity contribution >= 4 is 39.2 Å². The number of fused-ring (bicyclic) bond motifs is 2. The Balaban J connectivity index is 1.60. The molecule has 0 aliphatic carbocycles. The van der Waals surface area contributed by atoms with E-state index in [-0.39, 0.29) is 12.5 Å². The highest BCUT2D eigenvalue weighted by atomic mass is 32.1. The molecule has 136 valence electrons. The number of aryl methyl sites for hydroxylation is 1. The first-order valence-corrected chi connectivity index (χ1v) is 8.73. The van der Waals surface area contributed by atoms with Crippen LogP contribution in [-0.2, 0) is 11.8 Å². The average molecular weight is 383 g/mol. The van der Waals surface area contributed by atoms with Gasteiger partial charge in [-0.1, -0.05) is 11.3 Å². The molecule has 8 nitrogen and oxygen atoms in total. The summed E-state index contributed by atoms with van der Waals surface area (Å²) in [5.41, 5.74) is 1.58. The molecule has 0 saturated heterocycles. The van der Waals surface area contributed by atoms with Crippen molar-refractivity contribution in [3.05, 3.63) is 63.0 Å². The standard InChI is InChI=1S/C18H13N3O5S/c1-20-13-8-14-15(26-10-25-14)9-16(13)27-18(20)19-17(22)7-4-11-2-5-12(6-3-11)21(23)24/h2-9H,10H2,1H3. The maximum absolute atomic E-state index is 12.2. The van der Waals surface area contributed by atoms with Crippen LogP contribution in [0, 0.1) is 10.1 Å². The minimum Gasteiger partial charge on any atom is -0.454 e. The largest absolute Gasteiger partial charge is 0.454 e. The van der Waals surface area contributed by atoms with Crippen LogP contribution in [0.2, 0.25) is 0 Å². The molecule has 1 aromatic heterocycles. The number of nitro groups is 1. The first kappa shape index (κ1) is 17.0. The highest BCUT2D eigenvalue weighted by molar-refractivity contribution is 7.16. The van der Waals surface area contributed by atoms with Crippen molar-refractivity contribution < 1.29 is 19.2 Å². The van der Waals surface area contributed by atoms with Crippen molar-refractivity contribution in [3.8, 4) is 11.5 Å². The van der Waals surface area contributed by atoms with Gasteiger partial charge in [-0.15, -0.1) is 0 Å². The van der Waals surface area contributed by atoms with Crippen LogP contribution in [0.3, 0.4) is 0 Å². The number of carbonyl (C=O) groups excluding carboxylic acids is 1. The molecule has 4 rings (SSSR count). The third-order valence-corrected chi connectivity index (χ3v) is 5.13. The van der Waals surface area contributed by atoms with E-state index < -0.39 is 10.8 Å². The number of hydrogen-bond acceptors (Lipinski definition) is 6. The number of nitrogens with zero attached hydrogens (tertiary/aromatic N) is 3. The number of amides is 1. The quantitative estimate of drug-likeness (QED) is 0.393. The molecule has 1 amide bonds. The lowest BCUT2D eigenvalue weighted by Crippen LogP contribution is -2.12. The zero-order chi connectivity index (χ0) is 19.0. The van der Waals surface area contributed by atoms with Gasteiger partial charge in [0.1, 0.15) is 0 Å². The summed E-state index contributed by atoms with van der Waals surface area (Å²) in [6.45, 7) is 0.208. The second-order valence-electron chi connectivity index (χ2n) is 5.75. The highest BCUT2D eigenvalue weighted by Gasteiger charge is 2.16. The van der Waals surface area contributed by atoms with Gasteiger partial charge in [0.05, 0.1) is 15.1 Å². The smallest absolute Gasteiger partial charge is 0.272 e. The average Bonchev–Trinajstić information content (AvgIpc) is 3.23. The van der Waals surface area contributed by atoms with Gasteiger partial charge < -0.3 is 14.0 Å². The Morgan fingerprint density at radius 2 is 1.96 bits per heavy atom. The monoisotopic (exact) mass is 383 g/mol. The normalized spacial score (nSPS) is 13.6. The number of nitro benzene ring substituents is 1. The Morgan fingerprint density at radius 3 is 2.67 bits per heavy atom. The number of thiazole rings is 1. The van der Waals surface area contributed by atoms with Crippen LogP contribution in [0.1, 0.15) is 5.56 Å². The fourth-order valence-electron chi connectivity index (χ4n) is 2.63. The molecule has 0 N–H and O–H groups in total. The molecule has 1 aliphatic heterocycles. The summed E-state index contributed by atoms with van der Waals surface area (Å²) < 4.78 is 13.5. The third kappa shape index (κ3) is 3.32. The van der Waals surface area contributed by atoms with Crippen molar-refractivity contribution in [3.63, 3.8) is 0 Å². The van der Waals surface area contributed by atoms with Gasteiger partial charge in [-0.2, -0.15) is 4.99 Å². The Morgan fingerprint density at radius 1 is 1.26 bits per heavy atom. The van der Waals surface area contributed by atoms with Gasteiger partial charge in [0.15, 0.2) is 16.3 Å². The summed E-state index contributed by atoms with van der Waals surface area (Å²) in [5, 5.41) is 10.7. The molecule has 9 heteroatoms. The van der Waals surface area contributed by atoms with E-state index in [0.717, 1.165) is 10.2 Å². The number of non-ortho nitro benzene ring substituents is 1. The summed E-state index contributed by atoms with van der Waals surface area (Å²) in [5.74, 6) is 0.933. The lowest BCUT2D eigenvalue weighted by atomic mass is 10.2. The number of ether oxygens (including phenoxy) is 2. The van der Waals surface area contributed by atoms with E-state index in [0.29, 0.717) is 21.9 Å². The van der Waals surface area contributed by atoms with Crippen LogP contribution < -0.4 is 14.3 Å². The number of rotatable bonds is 3. The summed E-state index contributed by atoms with van der Waals surface area (Å²) in [7, 11) is 1.83. The van der Waals surface area contributed by atoms with Crippen LogP contribution in [-0.4, -0.2) is 22.2 Å². The second kappa shape index (κ2) is 6.69. The Kier molecular flexibility index (Phi) is 4.21. The molecule has 2 heterocycles. The maximum Gasteiger partial charge on any atom is 0.272 e. The van der Waals surface area contributed by atoms with Crippen molar-refractivity contribution in [2.45, 2.75) is 0 Å². The minimum atomic E-state index is -0.471.